The Labute approximate surface area is 94.8 Å². The average molecular weight is 224 g/mol. The van der Waals surface area contributed by atoms with Crippen LogP contribution in [0.2, 0.25) is 0 Å². The summed E-state index contributed by atoms with van der Waals surface area (Å²) in [5, 5.41) is 9.15. The largest absolute Gasteiger partial charge is 0.496 e. The Hall–Kier alpha value is -1.55. The first-order valence-electron chi connectivity index (χ1n) is 4.99. The van der Waals surface area contributed by atoms with E-state index >= 15 is 0 Å². The summed E-state index contributed by atoms with van der Waals surface area (Å²) in [6.45, 7) is 3.39. The van der Waals surface area contributed by atoms with Crippen LogP contribution in [0.25, 0.3) is 0 Å². The van der Waals surface area contributed by atoms with Crippen molar-refractivity contribution < 1.29 is 19.4 Å². The summed E-state index contributed by atoms with van der Waals surface area (Å²) in [5.41, 5.74) is 2.53. The average Bonchev–Trinajstić information content (AvgIpc) is 2.26. The van der Waals surface area contributed by atoms with Crippen LogP contribution in [0.15, 0.2) is 12.1 Å². The van der Waals surface area contributed by atoms with Gasteiger partial charge in [0, 0.05) is 12.5 Å². The summed E-state index contributed by atoms with van der Waals surface area (Å²) in [6.07, 6.45) is 0. The molecule has 0 saturated carbocycles. The second-order valence-corrected chi connectivity index (χ2v) is 3.53. The van der Waals surface area contributed by atoms with Gasteiger partial charge in [-0.2, -0.15) is 0 Å². The van der Waals surface area contributed by atoms with Crippen LogP contribution in [0.5, 0.6) is 5.75 Å². The number of hydrogen-bond donors (Lipinski definition) is 1. The molecular weight excluding hydrogens is 208 g/mol. The van der Waals surface area contributed by atoms with Gasteiger partial charge in [0.05, 0.1) is 13.7 Å². The van der Waals surface area contributed by atoms with Crippen LogP contribution in [-0.4, -0.2) is 18.2 Å². The Bertz CT molecular complexity index is 385. The second kappa shape index (κ2) is 5.51. The van der Waals surface area contributed by atoms with E-state index in [9.17, 15) is 4.79 Å². The number of hydrogen-bond acceptors (Lipinski definition) is 4. The van der Waals surface area contributed by atoms with Crippen LogP contribution in [0, 0.1) is 6.92 Å². The van der Waals surface area contributed by atoms with Crippen molar-refractivity contribution in [2.45, 2.75) is 27.1 Å². The number of aryl methyl sites for hydroxylation is 1. The molecule has 88 valence electrons. The lowest BCUT2D eigenvalue weighted by molar-refractivity contribution is -0.142. The van der Waals surface area contributed by atoms with E-state index in [1.54, 1.807) is 13.2 Å². The number of carbonyl (C=O) groups is 1. The van der Waals surface area contributed by atoms with Crippen LogP contribution < -0.4 is 4.74 Å². The third-order valence-corrected chi connectivity index (χ3v) is 2.34. The third kappa shape index (κ3) is 2.97. The first-order valence-corrected chi connectivity index (χ1v) is 4.99. The molecule has 0 radical (unpaired) electrons. The van der Waals surface area contributed by atoms with E-state index in [-0.39, 0.29) is 19.2 Å². The molecular formula is C12H16O4. The maximum atomic E-state index is 10.7. The number of carbonyl (C=O) groups excluding carboxylic acids is 1. The summed E-state index contributed by atoms with van der Waals surface area (Å²) >= 11 is 0. The fourth-order valence-corrected chi connectivity index (χ4v) is 1.43. The fraction of sp³-hybridized carbons (Fsp3) is 0.417. The standard InChI is InChI=1S/C12H16O4/c1-8-4-12(15-3)10(6-13)5-11(8)7-16-9(2)14/h4-5,13H,6-7H2,1-3H3. The predicted octanol–water partition coefficient (Wildman–Crippen LogP) is 1.56. The Morgan fingerprint density at radius 2 is 2.06 bits per heavy atom. The number of aliphatic hydroxyl groups is 1. The summed E-state index contributed by atoms with van der Waals surface area (Å²) in [5.74, 6) is 0.326. The van der Waals surface area contributed by atoms with Crippen molar-refractivity contribution in [3.63, 3.8) is 0 Å². The molecule has 0 bridgehead atoms. The second-order valence-electron chi connectivity index (χ2n) is 3.53. The highest BCUT2D eigenvalue weighted by atomic mass is 16.5. The number of benzene rings is 1. The minimum absolute atomic E-state index is 0.101. The van der Waals surface area contributed by atoms with Crippen LogP contribution in [0.3, 0.4) is 0 Å². The minimum atomic E-state index is -0.319. The Kier molecular flexibility index (Phi) is 4.31. The van der Waals surface area contributed by atoms with Gasteiger partial charge in [0.2, 0.25) is 0 Å². The quantitative estimate of drug-likeness (QED) is 0.788. The molecule has 0 aliphatic rings. The van der Waals surface area contributed by atoms with Gasteiger partial charge in [-0.05, 0) is 30.2 Å². The lowest BCUT2D eigenvalue weighted by atomic mass is 10.0. The molecule has 1 aromatic carbocycles. The molecule has 4 nitrogen and oxygen atoms in total. The van der Waals surface area contributed by atoms with Crippen molar-refractivity contribution in [1.29, 1.82) is 0 Å². The minimum Gasteiger partial charge on any atom is -0.496 e. The number of methoxy groups -OCH3 is 1. The monoisotopic (exact) mass is 224 g/mol. The van der Waals surface area contributed by atoms with Gasteiger partial charge in [-0.25, -0.2) is 0 Å². The van der Waals surface area contributed by atoms with E-state index in [0.29, 0.717) is 11.3 Å². The number of esters is 1. The van der Waals surface area contributed by atoms with Gasteiger partial charge in [0.25, 0.3) is 0 Å². The van der Waals surface area contributed by atoms with Crippen molar-refractivity contribution in [3.8, 4) is 5.75 Å². The van der Waals surface area contributed by atoms with Crippen LogP contribution in [0.1, 0.15) is 23.6 Å². The van der Waals surface area contributed by atoms with Gasteiger partial charge in [-0.3, -0.25) is 4.79 Å². The summed E-state index contributed by atoms with van der Waals surface area (Å²) in [4.78, 5) is 10.7. The first kappa shape index (κ1) is 12.5. The van der Waals surface area contributed by atoms with Gasteiger partial charge in [0.15, 0.2) is 0 Å². The molecule has 1 rings (SSSR count). The maximum absolute atomic E-state index is 10.7. The van der Waals surface area contributed by atoms with Gasteiger partial charge >= 0.3 is 5.97 Å². The van der Waals surface area contributed by atoms with Crippen molar-refractivity contribution >= 4 is 5.97 Å². The zero-order chi connectivity index (χ0) is 12.1. The smallest absolute Gasteiger partial charge is 0.302 e. The van der Waals surface area contributed by atoms with E-state index in [1.807, 2.05) is 13.0 Å². The van der Waals surface area contributed by atoms with Crippen LogP contribution in [0.4, 0.5) is 0 Å². The highest BCUT2D eigenvalue weighted by Crippen LogP contribution is 2.23. The fourth-order valence-electron chi connectivity index (χ4n) is 1.43. The molecule has 0 heterocycles. The molecule has 1 N–H and O–H groups in total. The summed E-state index contributed by atoms with van der Waals surface area (Å²) < 4.78 is 10.1. The molecule has 0 saturated heterocycles. The van der Waals surface area contributed by atoms with Crippen molar-refractivity contribution in [1.82, 2.24) is 0 Å². The van der Waals surface area contributed by atoms with Crippen molar-refractivity contribution in [2.24, 2.45) is 0 Å². The van der Waals surface area contributed by atoms with Crippen LogP contribution in [-0.2, 0) is 22.7 Å². The zero-order valence-corrected chi connectivity index (χ0v) is 9.74. The van der Waals surface area contributed by atoms with Crippen molar-refractivity contribution in [3.05, 3.63) is 28.8 Å². The summed E-state index contributed by atoms with van der Waals surface area (Å²) in [7, 11) is 1.56. The molecule has 0 fully saturated rings. The molecule has 1 aromatic rings. The molecule has 16 heavy (non-hydrogen) atoms. The normalized spacial score (nSPS) is 10.0. The molecule has 0 unspecified atom stereocenters. The highest BCUT2D eigenvalue weighted by Gasteiger charge is 2.08. The van der Waals surface area contributed by atoms with Gasteiger partial charge < -0.3 is 14.6 Å². The Morgan fingerprint density at radius 3 is 2.56 bits per heavy atom. The van der Waals surface area contributed by atoms with E-state index < -0.39 is 0 Å². The maximum Gasteiger partial charge on any atom is 0.302 e. The molecule has 0 amide bonds. The predicted molar refractivity (Wildman–Crippen MR) is 59.1 cm³/mol. The van der Waals surface area contributed by atoms with Gasteiger partial charge in [-0.15, -0.1) is 0 Å². The lowest BCUT2D eigenvalue weighted by Crippen LogP contribution is -2.02. The van der Waals surface area contributed by atoms with Crippen LogP contribution >= 0.6 is 0 Å². The lowest BCUT2D eigenvalue weighted by Gasteiger charge is -2.12. The number of aliphatic hydroxyl groups excluding tert-OH is 1. The molecule has 0 aliphatic carbocycles. The van der Waals surface area contributed by atoms with E-state index in [2.05, 4.69) is 0 Å². The third-order valence-electron chi connectivity index (χ3n) is 2.34. The Balaban J connectivity index is 2.96. The Morgan fingerprint density at radius 1 is 1.38 bits per heavy atom. The molecule has 0 spiro atoms. The zero-order valence-electron chi connectivity index (χ0n) is 9.74. The number of ether oxygens (including phenoxy) is 2. The molecule has 0 aromatic heterocycles. The van der Waals surface area contributed by atoms with E-state index in [0.717, 1.165) is 11.1 Å². The first-order chi connectivity index (χ1) is 7.58. The molecule has 0 aliphatic heterocycles. The van der Waals surface area contributed by atoms with Gasteiger partial charge in [-0.1, -0.05) is 0 Å². The molecule has 4 heteroatoms. The topological polar surface area (TPSA) is 55.8 Å². The SMILES string of the molecule is COc1cc(C)c(COC(C)=O)cc1CO. The number of rotatable bonds is 4. The highest BCUT2D eigenvalue weighted by molar-refractivity contribution is 5.66. The van der Waals surface area contributed by atoms with E-state index in [4.69, 9.17) is 14.6 Å². The molecule has 0 atom stereocenters. The van der Waals surface area contributed by atoms with Gasteiger partial charge in [0.1, 0.15) is 12.4 Å². The van der Waals surface area contributed by atoms with Crippen molar-refractivity contribution in [2.75, 3.05) is 7.11 Å². The van der Waals surface area contributed by atoms with E-state index in [1.165, 1.54) is 6.92 Å². The summed E-state index contributed by atoms with van der Waals surface area (Å²) in [6, 6.07) is 3.61.